The molecule has 0 radical (unpaired) electrons. The molecule has 2 rings (SSSR count). The van der Waals surface area contributed by atoms with Crippen molar-refractivity contribution in [3.05, 3.63) is 11.6 Å². The van der Waals surface area contributed by atoms with Crippen LogP contribution in [0.25, 0.3) is 0 Å². The molecule has 1 nitrogen and oxygen atoms in total. The van der Waals surface area contributed by atoms with Gasteiger partial charge in [0.2, 0.25) is 0 Å². The number of rotatable bonds is 0. The third-order valence-electron chi connectivity index (χ3n) is 4.52. The summed E-state index contributed by atoms with van der Waals surface area (Å²) in [5.41, 5.74) is 1.80. The van der Waals surface area contributed by atoms with E-state index < -0.39 is 0 Å². The van der Waals surface area contributed by atoms with Crippen LogP contribution in [0.3, 0.4) is 0 Å². The van der Waals surface area contributed by atoms with Crippen molar-refractivity contribution in [2.24, 2.45) is 16.7 Å². The molecule has 15 heavy (non-hydrogen) atoms. The first-order valence-electron chi connectivity index (χ1n) is 6.21. The Morgan fingerprint density at radius 3 is 2.47 bits per heavy atom. The Hall–Kier alpha value is -0.300. The molecule has 0 amide bonds. The molecule has 2 aliphatic carbocycles. The van der Waals surface area contributed by atoms with E-state index in [1.807, 2.05) is 0 Å². The van der Waals surface area contributed by atoms with Gasteiger partial charge in [0.05, 0.1) is 6.10 Å². The average Bonchev–Trinajstić information content (AvgIpc) is 2.29. The van der Waals surface area contributed by atoms with Crippen molar-refractivity contribution in [2.45, 2.75) is 59.5 Å². The van der Waals surface area contributed by atoms with Crippen molar-refractivity contribution in [1.82, 2.24) is 0 Å². The summed E-state index contributed by atoms with van der Waals surface area (Å²) >= 11 is 0. The highest BCUT2D eigenvalue weighted by atomic mass is 16.3. The van der Waals surface area contributed by atoms with Gasteiger partial charge in [-0.2, -0.15) is 0 Å². The van der Waals surface area contributed by atoms with E-state index in [2.05, 4.69) is 33.8 Å². The van der Waals surface area contributed by atoms with Gasteiger partial charge in [-0.3, -0.25) is 0 Å². The summed E-state index contributed by atoms with van der Waals surface area (Å²) in [6.07, 6.45) is 6.93. The first-order valence-corrected chi connectivity index (χ1v) is 6.21. The summed E-state index contributed by atoms with van der Waals surface area (Å²) in [6, 6.07) is 0. The maximum absolute atomic E-state index is 10.5. The lowest BCUT2D eigenvalue weighted by Crippen LogP contribution is -2.40. The van der Waals surface area contributed by atoms with Crippen LogP contribution in [0.1, 0.15) is 53.4 Å². The van der Waals surface area contributed by atoms with Gasteiger partial charge in [0.15, 0.2) is 0 Å². The summed E-state index contributed by atoms with van der Waals surface area (Å²) in [7, 11) is 0. The van der Waals surface area contributed by atoms with E-state index in [1.54, 1.807) is 0 Å². The van der Waals surface area contributed by atoms with Crippen LogP contribution in [0.4, 0.5) is 0 Å². The molecule has 0 aromatic heterocycles. The van der Waals surface area contributed by atoms with Crippen molar-refractivity contribution in [3.63, 3.8) is 0 Å². The molecule has 3 atom stereocenters. The van der Waals surface area contributed by atoms with Crippen LogP contribution in [0, 0.1) is 16.7 Å². The van der Waals surface area contributed by atoms with Crippen molar-refractivity contribution < 1.29 is 5.11 Å². The van der Waals surface area contributed by atoms with Gasteiger partial charge in [0, 0.05) is 5.41 Å². The summed E-state index contributed by atoms with van der Waals surface area (Å²) < 4.78 is 0. The van der Waals surface area contributed by atoms with Crippen molar-refractivity contribution in [2.75, 3.05) is 0 Å². The smallest absolute Gasteiger partial charge is 0.0650 e. The fourth-order valence-corrected chi connectivity index (χ4v) is 3.94. The minimum Gasteiger partial charge on any atom is -0.392 e. The molecule has 86 valence electrons. The SMILES string of the molecule is CC1=CC(C)CC2(CCC(C)(C)C2O)C1. The lowest BCUT2D eigenvalue weighted by molar-refractivity contribution is -0.0213. The Balaban J connectivity index is 2.26. The molecule has 0 bridgehead atoms. The first-order chi connectivity index (χ1) is 6.86. The third-order valence-corrected chi connectivity index (χ3v) is 4.52. The molecule has 3 unspecified atom stereocenters. The lowest BCUT2D eigenvalue weighted by atomic mass is 9.66. The Kier molecular flexibility index (Phi) is 2.50. The normalized spacial score (nSPS) is 44.5. The van der Waals surface area contributed by atoms with E-state index in [0.29, 0.717) is 5.92 Å². The largest absolute Gasteiger partial charge is 0.392 e. The van der Waals surface area contributed by atoms with Gasteiger partial charge in [-0.05, 0) is 43.9 Å². The van der Waals surface area contributed by atoms with E-state index in [-0.39, 0.29) is 16.9 Å². The highest BCUT2D eigenvalue weighted by Crippen LogP contribution is 2.56. The van der Waals surface area contributed by atoms with Crippen LogP contribution in [-0.2, 0) is 0 Å². The van der Waals surface area contributed by atoms with Crippen LogP contribution in [0.2, 0.25) is 0 Å². The molecule has 0 aromatic carbocycles. The van der Waals surface area contributed by atoms with E-state index >= 15 is 0 Å². The number of hydrogen-bond acceptors (Lipinski definition) is 1. The second kappa shape index (κ2) is 3.35. The molecule has 0 heterocycles. The third kappa shape index (κ3) is 1.75. The molecule has 0 aromatic rings. The van der Waals surface area contributed by atoms with E-state index in [0.717, 1.165) is 6.42 Å². The van der Waals surface area contributed by atoms with E-state index in [4.69, 9.17) is 0 Å². The average molecular weight is 208 g/mol. The summed E-state index contributed by atoms with van der Waals surface area (Å²) in [5.74, 6) is 0.641. The topological polar surface area (TPSA) is 20.2 Å². The van der Waals surface area contributed by atoms with Crippen molar-refractivity contribution in [3.8, 4) is 0 Å². The molecule has 0 saturated heterocycles. The van der Waals surface area contributed by atoms with Gasteiger partial charge in [-0.25, -0.2) is 0 Å². The Bertz CT molecular complexity index is 290. The molecule has 1 spiro atoms. The van der Waals surface area contributed by atoms with Crippen molar-refractivity contribution in [1.29, 1.82) is 0 Å². The van der Waals surface area contributed by atoms with Gasteiger partial charge in [-0.15, -0.1) is 0 Å². The number of aliphatic hydroxyl groups is 1. The first kappa shape index (κ1) is 11.2. The molecular weight excluding hydrogens is 184 g/mol. The fourth-order valence-electron chi connectivity index (χ4n) is 3.94. The summed E-state index contributed by atoms with van der Waals surface area (Å²) in [5, 5.41) is 10.5. The quantitative estimate of drug-likeness (QED) is 0.604. The molecule has 1 saturated carbocycles. The standard InChI is InChI=1S/C14H24O/c1-10-7-11(2)9-14(8-10)6-5-13(3,4)12(14)15/h7,10,12,15H,5-6,8-9H2,1-4H3. The number of allylic oxidation sites excluding steroid dienone is 2. The second-order valence-electron chi connectivity index (χ2n) is 6.62. The lowest BCUT2D eigenvalue weighted by Gasteiger charge is -2.41. The number of hydrogen-bond donors (Lipinski definition) is 1. The molecule has 1 N–H and O–H groups in total. The zero-order valence-electron chi connectivity index (χ0n) is 10.5. The Labute approximate surface area is 93.6 Å². The van der Waals surface area contributed by atoms with Gasteiger partial charge < -0.3 is 5.11 Å². The van der Waals surface area contributed by atoms with Gasteiger partial charge in [0.1, 0.15) is 0 Å². The van der Waals surface area contributed by atoms with E-state index in [9.17, 15) is 5.11 Å². The van der Waals surface area contributed by atoms with Crippen LogP contribution < -0.4 is 0 Å². The molecular formula is C14H24O. The molecule has 1 heteroatoms. The Morgan fingerprint density at radius 1 is 1.33 bits per heavy atom. The second-order valence-corrected chi connectivity index (χ2v) is 6.62. The van der Waals surface area contributed by atoms with Gasteiger partial charge in [-0.1, -0.05) is 32.4 Å². The minimum atomic E-state index is -0.115. The molecule has 2 aliphatic rings. The molecule has 1 fully saturated rings. The molecule has 0 aliphatic heterocycles. The Morgan fingerprint density at radius 2 is 2.00 bits per heavy atom. The zero-order valence-corrected chi connectivity index (χ0v) is 10.5. The van der Waals surface area contributed by atoms with Crippen LogP contribution in [0.15, 0.2) is 11.6 Å². The maximum Gasteiger partial charge on any atom is 0.0650 e. The summed E-state index contributed by atoms with van der Waals surface area (Å²) in [6.45, 7) is 8.92. The predicted molar refractivity (Wildman–Crippen MR) is 63.6 cm³/mol. The fraction of sp³-hybridized carbons (Fsp3) is 0.857. The van der Waals surface area contributed by atoms with Crippen LogP contribution in [0.5, 0.6) is 0 Å². The van der Waals surface area contributed by atoms with Gasteiger partial charge in [0.25, 0.3) is 0 Å². The van der Waals surface area contributed by atoms with Gasteiger partial charge >= 0.3 is 0 Å². The monoisotopic (exact) mass is 208 g/mol. The number of aliphatic hydroxyl groups excluding tert-OH is 1. The van der Waals surface area contributed by atoms with E-state index in [1.165, 1.54) is 24.8 Å². The summed E-state index contributed by atoms with van der Waals surface area (Å²) in [4.78, 5) is 0. The maximum atomic E-state index is 10.5. The highest BCUT2D eigenvalue weighted by molar-refractivity contribution is 5.15. The predicted octanol–water partition coefficient (Wildman–Crippen LogP) is 3.53. The zero-order chi connectivity index (χ0) is 11.3. The van der Waals surface area contributed by atoms with Crippen LogP contribution in [-0.4, -0.2) is 11.2 Å². The minimum absolute atomic E-state index is 0.115. The highest BCUT2D eigenvalue weighted by Gasteiger charge is 2.52. The van der Waals surface area contributed by atoms with Crippen LogP contribution >= 0.6 is 0 Å². The van der Waals surface area contributed by atoms with Crippen molar-refractivity contribution >= 4 is 0 Å².